The Morgan fingerprint density at radius 3 is 2.56 bits per heavy atom. The first-order valence-electron chi connectivity index (χ1n) is 10.9. The van der Waals surface area contributed by atoms with Crippen LogP contribution in [0, 0.1) is 0 Å². The first-order chi connectivity index (χ1) is 15.1. The summed E-state index contributed by atoms with van der Waals surface area (Å²) < 4.78 is 2.02. The number of rotatable bonds is 12. The van der Waals surface area contributed by atoms with Gasteiger partial charge in [-0.1, -0.05) is 25.1 Å². The number of halogens is 1. The Bertz CT molecular complexity index is 812. The maximum absolute atomic E-state index is 12.6. The zero-order valence-corrected chi connectivity index (χ0v) is 22.7. The van der Waals surface area contributed by atoms with Gasteiger partial charge < -0.3 is 19.7 Å². The van der Waals surface area contributed by atoms with Crippen molar-refractivity contribution in [3.63, 3.8) is 0 Å². The maximum atomic E-state index is 12.6. The maximum Gasteiger partial charge on any atom is 0.242 e. The molecule has 0 spiro atoms. The van der Waals surface area contributed by atoms with Crippen LogP contribution < -0.4 is 5.32 Å². The van der Waals surface area contributed by atoms with E-state index in [-0.39, 0.29) is 29.9 Å². The summed E-state index contributed by atoms with van der Waals surface area (Å²) >= 11 is 1.80. The van der Waals surface area contributed by atoms with Gasteiger partial charge in [0.2, 0.25) is 5.91 Å². The van der Waals surface area contributed by atoms with E-state index in [1.165, 1.54) is 4.90 Å². The quantitative estimate of drug-likeness (QED) is 0.138. The highest BCUT2D eigenvalue weighted by Gasteiger charge is 2.15. The molecule has 0 aliphatic carbocycles. The molecule has 0 fully saturated rings. The van der Waals surface area contributed by atoms with Gasteiger partial charge in [0.05, 0.1) is 13.1 Å². The molecule has 0 radical (unpaired) electrons. The average Bonchev–Trinajstić information content (AvgIpc) is 3.24. The van der Waals surface area contributed by atoms with Crippen molar-refractivity contribution < 1.29 is 4.79 Å². The second-order valence-electron chi connectivity index (χ2n) is 7.01. The number of nitrogens with one attached hydrogen (secondary N) is 1. The van der Waals surface area contributed by atoms with E-state index >= 15 is 0 Å². The summed E-state index contributed by atoms with van der Waals surface area (Å²) in [6.07, 6.45) is 2.58. The SMILES string of the molecule is CCc1nncn1CCN=C(NCCSc1ccccc1)N(C)CC(=O)N(CC)CC.I. The third-order valence-electron chi connectivity index (χ3n) is 4.86. The van der Waals surface area contributed by atoms with Crippen molar-refractivity contribution in [1.29, 1.82) is 0 Å². The highest BCUT2D eigenvalue weighted by atomic mass is 127. The van der Waals surface area contributed by atoms with E-state index < -0.39 is 0 Å². The molecule has 10 heteroatoms. The number of thioether (sulfide) groups is 1. The largest absolute Gasteiger partial charge is 0.355 e. The molecule has 1 N–H and O–H groups in total. The van der Waals surface area contributed by atoms with Crippen molar-refractivity contribution >= 4 is 47.6 Å². The van der Waals surface area contributed by atoms with Gasteiger partial charge >= 0.3 is 0 Å². The predicted octanol–water partition coefficient (Wildman–Crippen LogP) is 3.00. The lowest BCUT2D eigenvalue weighted by Crippen LogP contribution is -2.46. The molecular formula is C22H36IN7OS. The highest BCUT2D eigenvalue weighted by molar-refractivity contribution is 14.0. The normalized spacial score (nSPS) is 11.1. The van der Waals surface area contributed by atoms with Crippen LogP contribution in [0.3, 0.4) is 0 Å². The number of aliphatic imine (C=N–C) groups is 1. The molecule has 178 valence electrons. The van der Waals surface area contributed by atoms with Gasteiger partial charge in [-0.2, -0.15) is 0 Å². The summed E-state index contributed by atoms with van der Waals surface area (Å²) in [4.78, 5) is 22.3. The standard InChI is InChI=1S/C22H35N7OS.HI/c1-5-20-26-25-18-29(20)15-13-23-22(27(4)17-21(30)28(6-2)7-3)24-14-16-31-19-11-9-8-10-12-19;/h8-12,18H,5-7,13-17H2,1-4H3,(H,23,24);1H. The summed E-state index contributed by atoms with van der Waals surface area (Å²) in [6, 6.07) is 10.3. The number of guanidine groups is 1. The number of nitrogens with zero attached hydrogens (tertiary/aromatic N) is 6. The molecule has 1 heterocycles. The Morgan fingerprint density at radius 2 is 1.91 bits per heavy atom. The second kappa shape index (κ2) is 15.9. The Kier molecular flexibility index (Phi) is 14.0. The number of aromatic nitrogens is 3. The molecule has 0 saturated heterocycles. The van der Waals surface area contributed by atoms with Crippen LogP contribution >= 0.6 is 35.7 Å². The number of likely N-dealkylation sites (N-methyl/N-ethyl adjacent to an activating group) is 2. The van der Waals surface area contributed by atoms with Crippen molar-refractivity contribution in [2.24, 2.45) is 4.99 Å². The van der Waals surface area contributed by atoms with Gasteiger partial charge in [-0.25, -0.2) is 0 Å². The van der Waals surface area contributed by atoms with Gasteiger partial charge in [-0.3, -0.25) is 9.79 Å². The van der Waals surface area contributed by atoms with Crippen molar-refractivity contribution in [2.45, 2.75) is 38.6 Å². The van der Waals surface area contributed by atoms with E-state index in [0.717, 1.165) is 30.5 Å². The van der Waals surface area contributed by atoms with Gasteiger partial charge in [-0.15, -0.1) is 45.9 Å². The molecule has 1 aromatic carbocycles. The van der Waals surface area contributed by atoms with Gasteiger partial charge in [0, 0.05) is 50.3 Å². The van der Waals surface area contributed by atoms with Crippen molar-refractivity contribution in [2.75, 3.05) is 45.5 Å². The van der Waals surface area contributed by atoms with Gasteiger partial charge in [0.15, 0.2) is 5.96 Å². The summed E-state index contributed by atoms with van der Waals surface area (Å²) in [7, 11) is 1.91. The lowest BCUT2D eigenvalue weighted by molar-refractivity contribution is -0.131. The van der Waals surface area contributed by atoms with Crippen LogP contribution in [0.4, 0.5) is 0 Å². The van der Waals surface area contributed by atoms with Crippen LogP contribution in [0.5, 0.6) is 0 Å². The van der Waals surface area contributed by atoms with Crippen molar-refractivity contribution in [1.82, 2.24) is 29.9 Å². The molecule has 0 atom stereocenters. The number of benzene rings is 1. The Morgan fingerprint density at radius 1 is 1.19 bits per heavy atom. The van der Waals surface area contributed by atoms with Crippen LogP contribution in [0.25, 0.3) is 0 Å². The molecule has 2 aromatic rings. The average molecular weight is 574 g/mol. The van der Waals surface area contributed by atoms with E-state index in [4.69, 9.17) is 4.99 Å². The van der Waals surface area contributed by atoms with E-state index in [1.807, 2.05) is 53.5 Å². The molecular weight excluding hydrogens is 537 g/mol. The Hall–Kier alpha value is -1.82. The number of amides is 1. The number of hydrogen-bond donors (Lipinski definition) is 1. The first kappa shape index (κ1) is 28.2. The lowest BCUT2D eigenvalue weighted by Gasteiger charge is -2.26. The van der Waals surface area contributed by atoms with Gasteiger partial charge in [0.1, 0.15) is 12.2 Å². The Labute approximate surface area is 213 Å². The molecule has 0 bridgehead atoms. The van der Waals surface area contributed by atoms with Crippen LogP contribution in [-0.2, 0) is 17.8 Å². The lowest BCUT2D eigenvalue weighted by atomic mass is 10.4. The van der Waals surface area contributed by atoms with Crippen molar-refractivity contribution in [3.8, 4) is 0 Å². The minimum atomic E-state index is 0. The second-order valence-corrected chi connectivity index (χ2v) is 8.18. The van der Waals surface area contributed by atoms with Gasteiger partial charge in [-0.05, 0) is 26.0 Å². The van der Waals surface area contributed by atoms with E-state index in [2.05, 4.69) is 34.6 Å². The third-order valence-corrected chi connectivity index (χ3v) is 5.88. The van der Waals surface area contributed by atoms with E-state index in [0.29, 0.717) is 32.7 Å². The highest BCUT2D eigenvalue weighted by Crippen LogP contribution is 2.15. The molecule has 2 rings (SSSR count). The predicted molar refractivity (Wildman–Crippen MR) is 143 cm³/mol. The number of carbonyl (C=O) groups excluding carboxylic acids is 1. The summed E-state index contributed by atoms with van der Waals surface area (Å²) in [5.74, 6) is 2.70. The van der Waals surface area contributed by atoms with Crippen molar-refractivity contribution in [3.05, 3.63) is 42.5 Å². The molecule has 0 aliphatic heterocycles. The summed E-state index contributed by atoms with van der Waals surface area (Å²) in [5.41, 5.74) is 0. The molecule has 1 amide bonds. The number of carbonyl (C=O) groups is 1. The van der Waals surface area contributed by atoms with Crippen LogP contribution in [0.1, 0.15) is 26.6 Å². The van der Waals surface area contributed by atoms with Crippen LogP contribution in [0.15, 0.2) is 46.5 Å². The fourth-order valence-corrected chi connectivity index (χ4v) is 3.91. The smallest absolute Gasteiger partial charge is 0.242 e. The molecule has 32 heavy (non-hydrogen) atoms. The zero-order valence-electron chi connectivity index (χ0n) is 19.5. The monoisotopic (exact) mass is 573 g/mol. The van der Waals surface area contributed by atoms with Crippen LogP contribution in [0.2, 0.25) is 0 Å². The fraction of sp³-hybridized carbons (Fsp3) is 0.545. The fourth-order valence-electron chi connectivity index (χ4n) is 3.12. The van der Waals surface area contributed by atoms with Crippen LogP contribution in [-0.4, -0.2) is 82.0 Å². The van der Waals surface area contributed by atoms with E-state index in [9.17, 15) is 4.79 Å². The molecule has 0 aliphatic rings. The summed E-state index contributed by atoms with van der Waals surface area (Å²) in [5, 5.41) is 11.5. The van der Waals surface area contributed by atoms with E-state index in [1.54, 1.807) is 18.1 Å². The molecule has 0 saturated carbocycles. The number of aryl methyl sites for hydroxylation is 1. The molecule has 0 unspecified atom stereocenters. The molecule has 8 nitrogen and oxygen atoms in total. The summed E-state index contributed by atoms with van der Waals surface area (Å²) in [6.45, 7) is 9.84. The topological polar surface area (TPSA) is 78.6 Å². The zero-order chi connectivity index (χ0) is 22.5. The molecule has 1 aromatic heterocycles. The minimum Gasteiger partial charge on any atom is -0.355 e. The Balaban J connectivity index is 0.00000512. The van der Waals surface area contributed by atoms with Gasteiger partial charge in [0.25, 0.3) is 0 Å². The number of hydrogen-bond acceptors (Lipinski definition) is 5. The first-order valence-corrected chi connectivity index (χ1v) is 11.9. The third kappa shape index (κ3) is 9.35. The minimum absolute atomic E-state index is 0.